The SMILES string of the molecule is O=C(O[C@@H](C(=O)N1CCCC1)c1ccccc1)c1cc(=O)c2ccccc2[nH]1. The highest BCUT2D eigenvalue weighted by Gasteiger charge is 2.31. The van der Waals surface area contributed by atoms with E-state index in [4.69, 9.17) is 4.74 Å². The number of ether oxygens (including phenoxy) is 1. The van der Waals surface area contributed by atoms with E-state index >= 15 is 0 Å². The molecular formula is C22H20N2O4. The Hall–Kier alpha value is -3.41. The van der Waals surface area contributed by atoms with Crippen molar-refractivity contribution in [3.63, 3.8) is 0 Å². The summed E-state index contributed by atoms with van der Waals surface area (Å²) in [6.07, 6.45) is 0.847. The molecule has 2 heterocycles. The number of pyridine rings is 1. The zero-order valence-corrected chi connectivity index (χ0v) is 15.3. The Labute approximate surface area is 161 Å². The molecule has 1 N–H and O–H groups in total. The lowest BCUT2D eigenvalue weighted by Gasteiger charge is -2.23. The van der Waals surface area contributed by atoms with E-state index in [0.29, 0.717) is 29.6 Å². The van der Waals surface area contributed by atoms with E-state index in [1.807, 2.05) is 6.07 Å². The highest BCUT2D eigenvalue weighted by atomic mass is 16.5. The number of para-hydroxylation sites is 1. The summed E-state index contributed by atoms with van der Waals surface area (Å²) in [5, 5.41) is 0.492. The molecule has 1 atom stereocenters. The fraction of sp³-hybridized carbons (Fsp3) is 0.227. The quantitative estimate of drug-likeness (QED) is 0.710. The number of fused-ring (bicyclic) bond motifs is 1. The van der Waals surface area contributed by atoms with Crippen LogP contribution >= 0.6 is 0 Å². The second kappa shape index (κ2) is 7.68. The smallest absolute Gasteiger partial charge is 0.356 e. The van der Waals surface area contributed by atoms with Gasteiger partial charge in [0, 0.05) is 35.6 Å². The lowest BCUT2D eigenvalue weighted by atomic mass is 10.1. The molecule has 0 bridgehead atoms. The molecule has 1 aromatic heterocycles. The van der Waals surface area contributed by atoms with Gasteiger partial charge >= 0.3 is 5.97 Å². The molecule has 1 aliphatic heterocycles. The van der Waals surface area contributed by atoms with Crippen LogP contribution in [0.5, 0.6) is 0 Å². The van der Waals surface area contributed by atoms with Gasteiger partial charge in [-0.05, 0) is 25.0 Å². The van der Waals surface area contributed by atoms with Crippen molar-refractivity contribution in [3.05, 3.63) is 82.1 Å². The summed E-state index contributed by atoms with van der Waals surface area (Å²) in [5.74, 6) is -0.968. The summed E-state index contributed by atoms with van der Waals surface area (Å²) < 4.78 is 5.60. The second-order valence-electron chi connectivity index (χ2n) is 6.82. The Morgan fingerprint density at radius 2 is 1.64 bits per heavy atom. The number of aromatic nitrogens is 1. The lowest BCUT2D eigenvalue weighted by Crippen LogP contribution is -2.35. The zero-order valence-electron chi connectivity index (χ0n) is 15.3. The monoisotopic (exact) mass is 376 g/mol. The van der Waals surface area contributed by atoms with Gasteiger partial charge in [-0.25, -0.2) is 4.79 Å². The predicted octanol–water partition coefficient (Wildman–Crippen LogP) is 3.05. The normalized spacial score (nSPS) is 14.8. The fourth-order valence-corrected chi connectivity index (χ4v) is 3.47. The Balaban J connectivity index is 1.65. The number of H-pyrrole nitrogens is 1. The van der Waals surface area contributed by atoms with Crippen LogP contribution in [0.25, 0.3) is 10.9 Å². The van der Waals surface area contributed by atoms with Crippen molar-refractivity contribution < 1.29 is 14.3 Å². The number of carbonyl (C=O) groups is 2. The first-order valence-electron chi connectivity index (χ1n) is 9.30. The molecule has 1 aliphatic rings. The number of nitrogens with zero attached hydrogens (tertiary/aromatic N) is 1. The first-order valence-corrected chi connectivity index (χ1v) is 9.30. The number of hydrogen-bond acceptors (Lipinski definition) is 4. The predicted molar refractivity (Wildman–Crippen MR) is 105 cm³/mol. The molecule has 4 rings (SSSR count). The summed E-state index contributed by atoms with van der Waals surface area (Å²) in [4.78, 5) is 42.7. The summed E-state index contributed by atoms with van der Waals surface area (Å²) in [6.45, 7) is 1.32. The molecule has 0 spiro atoms. The molecule has 0 radical (unpaired) electrons. The van der Waals surface area contributed by atoms with Gasteiger partial charge in [0.15, 0.2) is 5.43 Å². The lowest BCUT2D eigenvalue weighted by molar-refractivity contribution is -0.140. The van der Waals surface area contributed by atoms with Crippen molar-refractivity contribution >= 4 is 22.8 Å². The standard InChI is InChI=1S/C22H20N2O4/c25-19-14-18(23-17-11-5-4-10-16(17)19)22(27)28-20(15-8-2-1-3-9-15)21(26)24-12-6-7-13-24/h1-5,8-11,14,20H,6-7,12-13H2,(H,23,25)/t20-/m1/s1. The number of nitrogens with one attached hydrogen (secondary N) is 1. The molecule has 1 saturated heterocycles. The third-order valence-electron chi connectivity index (χ3n) is 4.93. The third kappa shape index (κ3) is 3.53. The van der Waals surface area contributed by atoms with Crippen molar-refractivity contribution in [2.24, 2.45) is 0 Å². The van der Waals surface area contributed by atoms with Gasteiger partial charge in [0.1, 0.15) is 5.69 Å². The number of rotatable bonds is 4. The van der Waals surface area contributed by atoms with E-state index in [-0.39, 0.29) is 17.0 Å². The zero-order chi connectivity index (χ0) is 19.5. The molecule has 1 amide bonds. The average Bonchev–Trinajstić information content (AvgIpc) is 3.27. The van der Waals surface area contributed by atoms with Gasteiger partial charge in [0.25, 0.3) is 5.91 Å². The minimum Gasteiger partial charge on any atom is -0.443 e. The number of hydrogen-bond donors (Lipinski definition) is 1. The highest BCUT2D eigenvalue weighted by molar-refractivity contribution is 5.93. The molecule has 2 aromatic carbocycles. The maximum absolute atomic E-state index is 13.0. The number of esters is 1. The van der Waals surface area contributed by atoms with E-state index in [1.54, 1.807) is 53.4 Å². The van der Waals surface area contributed by atoms with E-state index in [1.165, 1.54) is 6.07 Å². The first kappa shape index (κ1) is 18.0. The van der Waals surface area contributed by atoms with Crippen LogP contribution in [0.1, 0.15) is 35.0 Å². The van der Waals surface area contributed by atoms with Gasteiger partial charge in [-0.1, -0.05) is 42.5 Å². The van der Waals surface area contributed by atoms with Crippen LogP contribution < -0.4 is 5.43 Å². The Morgan fingerprint density at radius 1 is 0.964 bits per heavy atom. The Morgan fingerprint density at radius 3 is 2.39 bits per heavy atom. The summed E-state index contributed by atoms with van der Waals surface area (Å²) in [5.41, 5.74) is 0.905. The topological polar surface area (TPSA) is 79.5 Å². The van der Waals surface area contributed by atoms with Crippen LogP contribution in [-0.2, 0) is 9.53 Å². The van der Waals surface area contributed by atoms with Crippen LogP contribution in [-0.4, -0.2) is 34.8 Å². The van der Waals surface area contributed by atoms with Gasteiger partial charge in [-0.3, -0.25) is 9.59 Å². The number of aromatic amines is 1. The van der Waals surface area contributed by atoms with Crippen molar-refractivity contribution in [1.29, 1.82) is 0 Å². The summed E-state index contributed by atoms with van der Waals surface area (Å²) >= 11 is 0. The van der Waals surface area contributed by atoms with Crippen LogP contribution in [0.4, 0.5) is 0 Å². The number of likely N-dealkylation sites (tertiary alicyclic amines) is 1. The maximum Gasteiger partial charge on any atom is 0.356 e. The van der Waals surface area contributed by atoms with E-state index in [9.17, 15) is 14.4 Å². The van der Waals surface area contributed by atoms with Crippen LogP contribution in [0.2, 0.25) is 0 Å². The van der Waals surface area contributed by atoms with Gasteiger partial charge in [-0.2, -0.15) is 0 Å². The number of carbonyl (C=O) groups excluding carboxylic acids is 2. The van der Waals surface area contributed by atoms with E-state index < -0.39 is 12.1 Å². The van der Waals surface area contributed by atoms with Crippen molar-refractivity contribution in [3.8, 4) is 0 Å². The molecule has 142 valence electrons. The van der Waals surface area contributed by atoms with Crippen molar-refractivity contribution in [1.82, 2.24) is 9.88 Å². The molecule has 6 heteroatoms. The molecule has 3 aromatic rings. The summed E-state index contributed by atoms with van der Waals surface area (Å²) in [7, 11) is 0. The third-order valence-corrected chi connectivity index (χ3v) is 4.93. The first-order chi connectivity index (χ1) is 13.6. The second-order valence-corrected chi connectivity index (χ2v) is 6.82. The molecule has 28 heavy (non-hydrogen) atoms. The molecule has 0 unspecified atom stereocenters. The van der Waals surface area contributed by atoms with Gasteiger partial charge in [0.2, 0.25) is 6.10 Å². The average molecular weight is 376 g/mol. The van der Waals surface area contributed by atoms with Gasteiger partial charge in [-0.15, -0.1) is 0 Å². The fourth-order valence-electron chi connectivity index (χ4n) is 3.47. The molecule has 0 aliphatic carbocycles. The molecule has 1 fully saturated rings. The minimum atomic E-state index is -1.04. The number of amides is 1. The minimum absolute atomic E-state index is 0.0267. The Bertz CT molecular complexity index is 1070. The summed E-state index contributed by atoms with van der Waals surface area (Å²) in [6, 6.07) is 17.1. The highest BCUT2D eigenvalue weighted by Crippen LogP contribution is 2.24. The van der Waals surface area contributed by atoms with Crippen LogP contribution in [0.15, 0.2) is 65.5 Å². The van der Waals surface area contributed by atoms with E-state index in [0.717, 1.165) is 12.8 Å². The molecular weight excluding hydrogens is 356 g/mol. The van der Waals surface area contributed by atoms with Crippen LogP contribution in [0.3, 0.4) is 0 Å². The van der Waals surface area contributed by atoms with Crippen LogP contribution in [0, 0.1) is 0 Å². The Kier molecular flexibility index (Phi) is 4.93. The van der Waals surface area contributed by atoms with E-state index in [2.05, 4.69) is 4.98 Å². The van der Waals surface area contributed by atoms with Crippen molar-refractivity contribution in [2.45, 2.75) is 18.9 Å². The molecule has 0 saturated carbocycles. The number of benzene rings is 2. The molecule has 6 nitrogen and oxygen atoms in total. The maximum atomic E-state index is 13.0. The van der Waals surface area contributed by atoms with Crippen molar-refractivity contribution in [2.75, 3.05) is 13.1 Å². The largest absolute Gasteiger partial charge is 0.443 e. The van der Waals surface area contributed by atoms with Gasteiger partial charge < -0.3 is 14.6 Å². The van der Waals surface area contributed by atoms with Gasteiger partial charge in [0.05, 0.1) is 0 Å².